The minimum absolute atomic E-state index is 0.0514. The molecular formula is C23H30N2O4S. The lowest BCUT2D eigenvalue weighted by atomic mass is 10.1. The van der Waals surface area contributed by atoms with Gasteiger partial charge in [-0.15, -0.1) is 18.3 Å². The Bertz CT molecular complexity index is 912. The van der Waals surface area contributed by atoms with Crippen molar-refractivity contribution in [2.75, 3.05) is 12.9 Å². The van der Waals surface area contributed by atoms with Gasteiger partial charge in [0.15, 0.2) is 0 Å². The lowest BCUT2D eigenvalue weighted by Gasteiger charge is -2.22. The molecule has 7 heteroatoms. The minimum atomic E-state index is -0.429. The van der Waals surface area contributed by atoms with Crippen LogP contribution in [-0.2, 0) is 28.0 Å². The van der Waals surface area contributed by atoms with Gasteiger partial charge in [0.05, 0.1) is 23.9 Å². The van der Waals surface area contributed by atoms with Gasteiger partial charge in [-0.05, 0) is 50.6 Å². The number of carbonyl (C=O) groups excluding carboxylic acids is 2. The van der Waals surface area contributed by atoms with Crippen LogP contribution in [0.4, 0.5) is 0 Å². The fraction of sp³-hybridized carbons (Fsp3) is 0.435. The Morgan fingerprint density at radius 1 is 1.27 bits per heavy atom. The SMILES string of the molecule is C=CCc1nn(C(C)(C)C)c(SCCC)c1C(=O)OCc1cccc(C(=O)OC)c1. The third kappa shape index (κ3) is 5.75. The van der Waals surface area contributed by atoms with Crippen LogP contribution in [0.25, 0.3) is 0 Å². The summed E-state index contributed by atoms with van der Waals surface area (Å²) in [5, 5.41) is 5.53. The topological polar surface area (TPSA) is 70.4 Å². The van der Waals surface area contributed by atoms with Gasteiger partial charge < -0.3 is 9.47 Å². The van der Waals surface area contributed by atoms with Crippen molar-refractivity contribution in [1.82, 2.24) is 9.78 Å². The number of methoxy groups -OCH3 is 1. The Kier molecular flexibility index (Phi) is 8.29. The van der Waals surface area contributed by atoms with Crippen molar-refractivity contribution >= 4 is 23.7 Å². The Balaban J connectivity index is 2.34. The number of rotatable bonds is 9. The second-order valence-corrected chi connectivity index (χ2v) is 8.90. The summed E-state index contributed by atoms with van der Waals surface area (Å²) in [5.74, 6) is 0.0158. The molecule has 1 heterocycles. The fourth-order valence-corrected chi connectivity index (χ4v) is 4.02. The molecule has 0 bridgehead atoms. The third-order valence-corrected chi connectivity index (χ3v) is 5.52. The monoisotopic (exact) mass is 430 g/mol. The molecule has 2 aromatic rings. The average molecular weight is 431 g/mol. The van der Waals surface area contributed by atoms with Crippen LogP contribution in [0.5, 0.6) is 0 Å². The van der Waals surface area contributed by atoms with E-state index in [1.54, 1.807) is 42.1 Å². The van der Waals surface area contributed by atoms with E-state index in [4.69, 9.17) is 14.6 Å². The van der Waals surface area contributed by atoms with Crippen molar-refractivity contribution in [3.05, 3.63) is 59.3 Å². The Morgan fingerprint density at radius 3 is 2.60 bits per heavy atom. The van der Waals surface area contributed by atoms with Crippen LogP contribution in [0.2, 0.25) is 0 Å². The number of aromatic nitrogens is 2. The summed E-state index contributed by atoms with van der Waals surface area (Å²) < 4.78 is 12.3. The van der Waals surface area contributed by atoms with Gasteiger partial charge in [-0.1, -0.05) is 25.1 Å². The second-order valence-electron chi connectivity index (χ2n) is 7.82. The molecule has 2 rings (SSSR count). The van der Waals surface area contributed by atoms with E-state index < -0.39 is 11.9 Å². The van der Waals surface area contributed by atoms with Crippen LogP contribution in [0.1, 0.15) is 66.1 Å². The van der Waals surface area contributed by atoms with Crippen LogP contribution < -0.4 is 0 Å². The fourth-order valence-electron chi connectivity index (χ4n) is 2.84. The second kappa shape index (κ2) is 10.5. The maximum Gasteiger partial charge on any atom is 0.343 e. The van der Waals surface area contributed by atoms with Crippen LogP contribution in [0.3, 0.4) is 0 Å². The first-order valence-corrected chi connectivity index (χ1v) is 10.9. The van der Waals surface area contributed by atoms with E-state index in [-0.39, 0.29) is 12.1 Å². The zero-order valence-electron chi connectivity index (χ0n) is 18.4. The molecule has 0 unspecified atom stereocenters. The summed E-state index contributed by atoms with van der Waals surface area (Å²) in [6, 6.07) is 6.86. The van der Waals surface area contributed by atoms with Crippen LogP contribution in [0.15, 0.2) is 41.9 Å². The molecular weight excluding hydrogens is 400 g/mol. The number of hydrogen-bond acceptors (Lipinski definition) is 6. The number of hydrogen-bond donors (Lipinski definition) is 0. The lowest BCUT2D eigenvalue weighted by molar-refractivity contribution is 0.0466. The number of nitrogens with zero attached hydrogens (tertiary/aromatic N) is 2. The van der Waals surface area contributed by atoms with Gasteiger partial charge in [-0.3, -0.25) is 4.68 Å². The summed E-state index contributed by atoms with van der Waals surface area (Å²) in [7, 11) is 1.33. The molecule has 162 valence electrons. The van der Waals surface area contributed by atoms with Crippen molar-refractivity contribution in [2.45, 2.75) is 57.7 Å². The molecule has 1 aromatic carbocycles. The van der Waals surface area contributed by atoms with E-state index in [0.29, 0.717) is 28.8 Å². The first-order chi connectivity index (χ1) is 14.2. The minimum Gasteiger partial charge on any atom is -0.465 e. The van der Waals surface area contributed by atoms with Crippen LogP contribution in [-0.4, -0.2) is 34.6 Å². The van der Waals surface area contributed by atoms with Gasteiger partial charge >= 0.3 is 11.9 Å². The van der Waals surface area contributed by atoms with Gasteiger partial charge in [0.1, 0.15) is 17.2 Å². The van der Waals surface area contributed by atoms with Crippen molar-refractivity contribution in [2.24, 2.45) is 0 Å². The molecule has 0 N–H and O–H groups in total. The largest absolute Gasteiger partial charge is 0.465 e. The molecule has 0 aliphatic rings. The molecule has 0 radical (unpaired) electrons. The molecule has 0 aliphatic carbocycles. The molecule has 0 saturated heterocycles. The molecule has 0 atom stereocenters. The lowest BCUT2D eigenvalue weighted by Crippen LogP contribution is -2.24. The molecule has 0 saturated carbocycles. The highest BCUT2D eigenvalue weighted by Crippen LogP contribution is 2.32. The highest BCUT2D eigenvalue weighted by molar-refractivity contribution is 7.99. The predicted octanol–water partition coefficient (Wildman–Crippen LogP) is 5.01. The van der Waals surface area contributed by atoms with E-state index in [0.717, 1.165) is 17.2 Å². The molecule has 6 nitrogen and oxygen atoms in total. The highest BCUT2D eigenvalue weighted by atomic mass is 32.2. The summed E-state index contributed by atoms with van der Waals surface area (Å²) in [5.41, 5.74) is 2.00. The molecule has 0 amide bonds. The van der Waals surface area contributed by atoms with Crippen molar-refractivity contribution in [1.29, 1.82) is 0 Å². The molecule has 1 aromatic heterocycles. The Labute approximate surface area is 182 Å². The van der Waals surface area contributed by atoms with Crippen molar-refractivity contribution < 1.29 is 19.1 Å². The van der Waals surface area contributed by atoms with Gasteiger partial charge in [0, 0.05) is 6.42 Å². The number of allylic oxidation sites excluding steroid dienone is 1. The number of ether oxygens (including phenoxy) is 2. The highest BCUT2D eigenvalue weighted by Gasteiger charge is 2.29. The van der Waals surface area contributed by atoms with Gasteiger partial charge in [-0.25, -0.2) is 9.59 Å². The molecule has 30 heavy (non-hydrogen) atoms. The van der Waals surface area contributed by atoms with E-state index in [2.05, 4.69) is 34.3 Å². The Morgan fingerprint density at radius 2 is 2.00 bits per heavy atom. The number of benzene rings is 1. The smallest absolute Gasteiger partial charge is 0.343 e. The van der Waals surface area contributed by atoms with Crippen molar-refractivity contribution in [3.63, 3.8) is 0 Å². The van der Waals surface area contributed by atoms with Gasteiger partial charge in [0.2, 0.25) is 0 Å². The standard InChI is InChI=1S/C23H30N2O4S/c1-7-10-18-19(20(30-13-8-2)25(24-18)23(3,4)5)22(27)29-15-16-11-9-12-17(14-16)21(26)28-6/h7,9,11-12,14H,1,8,10,13,15H2,2-6H3. The number of esters is 2. The Hall–Kier alpha value is -2.54. The van der Waals surface area contributed by atoms with Crippen LogP contribution in [0, 0.1) is 0 Å². The van der Waals surface area contributed by atoms with E-state index in [1.807, 2.05) is 4.68 Å². The first kappa shape index (κ1) is 23.7. The first-order valence-electron chi connectivity index (χ1n) is 9.93. The third-order valence-electron chi connectivity index (χ3n) is 4.25. The molecule has 0 fully saturated rings. The zero-order valence-corrected chi connectivity index (χ0v) is 19.2. The maximum absolute atomic E-state index is 13.1. The van der Waals surface area contributed by atoms with E-state index in [1.165, 1.54) is 7.11 Å². The average Bonchev–Trinajstić information content (AvgIpc) is 3.09. The molecule has 0 spiro atoms. The normalized spacial score (nSPS) is 11.2. The summed E-state index contributed by atoms with van der Waals surface area (Å²) >= 11 is 1.61. The van der Waals surface area contributed by atoms with Crippen LogP contribution >= 0.6 is 11.8 Å². The quantitative estimate of drug-likeness (QED) is 0.316. The predicted molar refractivity (Wildman–Crippen MR) is 119 cm³/mol. The van der Waals surface area contributed by atoms with E-state index in [9.17, 15) is 9.59 Å². The number of thioether (sulfide) groups is 1. The zero-order chi connectivity index (χ0) is 22.3. The maximum atomic E-state index is 13.1. The number of carbonyl (C=O) groups is 2. The summed E-state index contributed by atoms with van der Waals surface area (Å²) in [6.07, 6.45) is 3.19. The summed E-state index contributed by atoms with van der Waals surface area (Å²) in [4.78, 5) is 24.8. The van der Waals surface area contributed by atoms with Gasteiger partial charge in [-0.2, -0.15) is 5.10 Å². The van der Waals surface area contributed by atoms with E-state index >= 15 is 0 Å². The molecule has 0 aliphatic heterocycles. The summed E-state index contributed by atoms with van der Waals surface area (Å²) in [6.45, 7) is 12.1. The van der Waals surface area contributed by atoms with Crippen molar-refractivity contribution in [3.8, 4) is 0 Å². The van der Waals surface area contributed by atoms with Gasteiger partial charge in [0.25, 0.3) is 0 Å².